The molecule has 3 aromatic rings. The summed E-state index contributed by atoms with van der Waals surface area (Å²) in [5, 5.41) is 9.69. The summed E-state index contributed by atoms with van der Waals surface area (Å²) in [7, 11) is 3.34. The van der Waals surface area contributed by atoms with Gasteiger partial charge in [-0.2, -0.15) is 0 Å². The van der Waals surface area contributed by atoms with Crippen molar-refractivity contribution in [2.75, 3.05) is 60.3 Å². The van der Waals surface area contributed by atoms with Gasteiger partial charge in [0.05, 0.1) is 52.8 Å². The van der Waals surface area contributed by atoms with Gasteiger partial charge in [0.2, 0.25) is 0 Å². The number of benzene rings is 3. The number of amides is 1. The highest BCUT2D eigenvalue weighted by atomic mass is 16.6. The molecule has 0 saturated carbocycles. The fraction of sp³-hybridized carbons (Fsp3) is 0.472. The molecule has 3 atom stereocenters. The number of para-hydroxylation sites is 2. The molecule has 2 aliphatic rings. The van der Waals surface area contributed by atoms with Crippen molar-refractivity contribution in [3.63, 3.8) is 0 Å². The summed E-state index contributed by atoms with van der Waals surface area (Å²) in [5.74, 6) is 3.15. The predicted octanol–water partition coefficient (Wildman–Crippen LogP) is 5.95. The molecule has 0 spiro atoms. The number of hydrogen-bond donors (Lipinski definition) is 1. The largest absolute Gasteiger partial charge is 0.496 e. The molecule has 1 fully saturated rings. The van der Waals surface area contributed by atoms with Gasteiger partial charge >= 0.3 is 6.09 Å². The maximum absolute atomic E-state index is 11.8. The van der Waals surface area contributed by atoms with Gasteiger partial charge in [-0.1, -0.05) is 42.5 Å². The number of rotatable bonds is 17. The first-order valence-corrected chi connectivity index (χ1v) is 16.0. The van der Waals surface area contributed by atoms with E-state index < -0.39 is 6.09 Å². The van der Waals surface area contributed by atoms with Crippen molar-refractivity contribution in [1.82, 2.24) is 4.90 Å². The van der Waals surface area contributed by atoms with E-state index >= 15 is 0 Å². The van der Waals surface area contributed by atoms with Crippen molar-refractivity contribution in [2.24, 2.45) is 0 Å². The summed E-state index contributed by atoms with van der Waals surface area (Å²) in [5.41, 5.74) is 3.21. The number of fused-ring (bicyclic) bond motifs is 1. The molecule has 2 aliphatic heterocycles. The lowest BCUT2D eigenvalue weighted by Gasteiger charge is -2.37. The van der Waals surface area contributed by atoms with Crippen molar-refractivity contribution < 1.29 is 43.1 Å². The molecule has 5 rings (SSSR count). The van der Waals surface area contributed by atoms with E-state index in [1.165, 1.54) is 4.90 Å². The zero-order chi connectivity index (χ0) is 32.1. The Labute approximate surface area is 271 Å². The molecule has 1 N–H and O–H groups in total. The molecule has 1 saturated heterocycles. The SMILES string of the molecule is COCCCOc1cccc2c1O[C@@H](CO[C@@H]1CN(C(=O)O)CCC1c1ccc(OCCCOCc3ccccc3OC)cc1)C2. The molecule has 0 aliphatic carbocycles. The molecule has 2 heterocycles. The Bertz CT molecular complexity index is 1380. The zero-order valence-electron chi connectivity index (χ0n) is 26.7. The van der Waals surface area contributed by atoms with Gasteiger partial charge < -0.3 is 43.2 Å². The monoisotopic (exact) mass is 635 g/mol. The maximum atomic E-state index is 11.8. The van der Waals surface area contributed by atoms with E-state index in [9.17, 15) is 9.90 Å². The van der Waals surface area contributed by atoms with Crippen LogP contribution >= 0.6 is 0 Å². The highest BCUT2D eigenvalue weighted by Crippen LogP contribution is 2.39. The fourth-order valence-corrected chi connectivity index (χ4v) is 5.94. The highest BCUT2D eigenvalue weighted by Gasteiger charge is 2.35. The molecule has 3 aromatic carbocycles. The molecular weight excluding hydrogens is 590 g/mol. The van der Waals surface area contributed by atoms with E-state index in [0.717, 1.165) is 52.5 Å². The third-order valence-electron chi connectivity index (χ3n) is 8.33. The van der Waals surface area contributed by atoms with E-state index in [1.807, 2.05) is 54.6 Å². The van der Waals surface area contributed by atoms with Crippen LogP contribution in [-0.2, 0) is 27.2 Å². The number of likely N-dealkylation sites (tertiary alicyclic amines) is 1. The molecule has 46 heavy (non-hydrogen) atoms. The quantitative estimate of drug-likeness (QED) is 0.180. The number of methoxy groups -OCH3 is 2. The molecule has 10 heteroatoms. The average Bonchev–Trinajstić information content (AvgIpc) is 3.51. The smallest absolute Gasteiger partial charge is 0.407 e. The van der Waals surface area contributed by atoms with Crippen LogP contribution in [0.5, 0.6) is 23.0 Å². The maximum Gasteiger partial charge on any atom is 0.407 e. The molecule has 248 valence electrons. The Morgan fingerprint density at radius 2 is 1.70 bits per heavy atom. The van der Waals surface area contributed by atoms with Gasteiger partial charge in [-0.3, -0.25) is 0 Å². The summed E-state index contributed by atoms with van der Waals surface area (Å²) in [6, 6.07) is 21.8. The second-order valence-corrected chi connectivity index (χ2v) is 11.5. The fourth-order valence-electron chi connectivity index (χ4n) is 5.94. The van der Waals surface area contributed by atoms with Crippen LogP contribution in [-0.4, -0.2) is 88.7 Å². The minimum Gasteiger partial charge on any atom is -0.496 e. The van der Waals surface area contributed by atoms with Crippen LogP contribution in [0.15, 0.2) is 66.7 Å². The van der Waals surface area contributed by atoms with E-state index in [-0.39, 0.29) is 18.1 Å². The number of hydrogen-bond acceptors (Lipinski definition) is 8. The van der Waals surface area contributed by atoms with Crippen LogP contribution in [0.4, 0.5) is 4.79 Å². The third-order valence-corrected chi connectivity index (χ3v) is 8.33. The minimum atomic E-state index is -0.928. The predicted molar refractivity (Wildman–Crippen MR) is 172 cm³/mol. The Morgan fingerprint density at radius 3 is 2.50 bits per heavy atom. The van der Waals surface area contributed by atoms with Crippen LogP contribution in [0.2, 0.25) is 0 Å². The van der Waals surface area contributed by atoms with Gasteiger partial charge in [0.25, 0.3) is 0 Å². The van der Waals surface area contributed by atoms with E-state index in [1.54, 1.807) is 14.2 Å². The van der Waals surface area contributed by atoms with Gasteiger partial charge in [-0.15, -0.1) is 0 Å². The van der Waals surface area contributed by atoms with Crippen molar-refractivity contribution >= 4 is 6.09 Å². The van der Waals surface area contributed by atoms with Crippen molar-refractivity contribution in [1.29, 1.82) is 0 Å². The van der Waals surface area contributed by atoms with Crippen molar-refractivity contribution in [3.05, 3.63) is 83.4 Å². The van der Waals surface area contributed by atoms with Crippen LogP contribution in [0.3, 0.4) is 0 Å². The molecule has 1 unspecified atom stereocenters. The second kappa shape index (κ2) is 17.1. The number of carbonyl (C=O) groups is 1. The van der Waals surface area contributed by atoms with Gasteiger partial charge in [0.1, 0.15) is 17.6 Å². The Kier molecular flexibility index (Phi) is 12.4. The minimum absolute atomic E-state index is 0.0523. The first-order valence-electron chi connectivity index (χ1n) is 16.0. The highest BCUT2D eigenvalue weighted by molar-refractivity contribution is 5.65. The van der Waals surface area contributed by atoms with Gasteiger partial charge in [0, 0.05) is 56.6 Å². The number of carboxylic acid groups (broad SMARTS) is 1. The zero-order valence-corrected chi connectivity index (χ0v) is 26.7. The molecule has 0 bridgehead atoms. The Balaban J connectivity index is 1.10. The average molecular weight is 636 g/mol. The summed E-state index contributed by atoms with van der Waals surface area (Å²) in [6.07, 6.45) is 1.54. The summed E-state index contributed by atoms with van der Waals surface area (Å²) in [4.78, 5) is 13.3. The van der Waals surface area contributed by atoms with Crippen molar-refractivity contribution in [3.8, 4) is 23.0 Å². The van der Waals surface area contributed by atoms with Crippen LogP contribution in [0.25, 0.3) is 0 Å². The van der Waals surface area contributed by atoms with E-state index in [2.05, 4.69) is 12.1 Å². The lowest BCUT2D eigenvalue weighted by atomic mass is 9.87. The first kappa shape index (κ1) is 33.4. The van der Waals surface area contributed by atoms with Crippen LogP contribution < -0.4 is 18.9 Å². The Morgan fingerprint density at radius 1 is 0.913 bits per heavy atom. The number of ether oxygens (including phenoxy) is 7. The summed E-state index contributed by atoms with van der Waals surface area (Å²) >= 11 is 0. The topological polar surface area (TPSA) is 105 Å². The van der Waals surface area contributed by atoms with E-state index in [0.29, 0.717) is 65.6 Å². The van der Waals surface area contributed by atoms with Gasteiger partial charge in [-0.25, -0.2) is 4.79 Å². The standard InChI is InChI=1S/C36H45NO9/c1-40-18-6-21-44-33-11-5-9-27-22-30(46-35(27)33)25-45-34-23-37(36(38)39)17-16-31(34)26-12-14-29(15-13-26)43-20-7-19-42-24-28-8-3-4-10-32(28)41-2/h3-5,8-15,30-31,34H,6-7,16-25H2,1-2H3,(H,38,39)/t30-,31?,34-/m1/s1. The van der Waals surface area contributed by atoms with Gasteiger partial charge in [0.15, 0.2) is 11.5 Å². The summed E-state index contributed by atoms with van der Waals surface area (Å²) < 4.78 is 40.9. The van der Waals surface area contributed by atoms with Gasteiger partial charge in [-0.05, 0) is 36.2 Å². The molecule has 1 amide bonds. The number of nitrogens with zero attached hydrogens (tertiary/aromatic N) is 1. The molecule has 10 nitrogen and oxygen atoms in total. The van der Waals surface area contributed by atoms with Crippen LogP contribution in [0.1, 0.15) is 41.9 Å². The Hall–Kier alpha value is -3.99. The molecule has 0 radical (unpaired) electrons. The summed E-state index contributed by atoms with van der Waals surface area (Å²) in [6.45, 7) is 3.92. The van der Waals surface area contributed by atoms with Crippen LogP contribution in [0, 0.1) is 0 Å². The third kappa shape index (κ3) is 9.05. The molecule has 0 aromatic heterocycles. The van der Waals surface area contributed by atoms with Crippen molar-refractivity contribution in [2.45, 2.75) is 50.4 Å². The molecular formula is C36H45NO9. The lowest BCUT2D eigenvalue weighted by Crippen LogP contribution is -2.47. The normalized spacial score (nSPS) is 18.9. The second-order valence-electron chi connectivity index (χ2n) is 11.5. The first-order chi connectivity index (χ1) is 22.6. The number of piperidine rings is 1. The van der Waals surface area contributed by atoms with E-state index in [4.69, 9.17) is 33.2 Å². The lowest BCUT2D eigenvalue weighted by molar-refractivity contribution is -0.0372.